The lowest BCUT2D eigenvalue weighted by Crippen LogP contribution is -2.36. The van der Waals surface area contributed by atoms with Gasteiger partial charge in [-0.1, -0.05) is 13.8 Å². The zero-order valence-corrected chi connectivity index (χ0v) is 15.9. The van der Waals surface area contributed by atoms with Crippen LogP contribution in [0.2, 0.25) is 0 Å². The Morgan fingerprint density at radius 1 is 1.33 bits per heavy atom. The van der Waals surface area contributed by atoms with E-state index in [4.69, 9.17) is 0 Å². The van der Waals surface area contributed by atoms with Crippen LogP contribution in [0.15, 0.2) is 10.9 Å². The summed E-state index contributed by atoms with van der Waals surface area (Å²) in [5, 5.41) is 21.4. The molecule has 3 heterocycles. The Morgan fingerprint density at radius 2 is 2.04 bits per heavy atom. The lowest BCUT2D eigenvalue weighted by atomic mass is 9.95. The highest BCUT2D eigenvalue weighted by Crippen LogP contribution is 2.27. The van der Waals surface area contributed by atoms with Crippen molar-refractivity contribution in [3.63, 3.8) is 0 Å². The Balaban J connectivity index is 1.85. The van der Waals surface area contributed by atoms with Crippen LogP contribution < -0.4 is 16.2 Å². The van der Waals surface area contributed by atoms with Crippen molar-refractivity contribution in [1.29, 1.82) is 0 Å². The summed E-state index contributed by atoms with van der Waals surface area (Å²) in [6.07, 6.45) is 3.76. The fourth-order valence-corrected chi connectivity index (χ4v) is 3.72. The van der Waals surface area contributed by atoms with Gasteiger partial charge < -0.3 is 15.7 Å². The SMILES string of the molecule is CC(C)Cn1c(=O)c(C(=O)NC2CC2)c(O)n2nc(C3CCNCC3)cc12. The van der Waals surface area contributed by atoms with Crippen LogP contribution in [0.5, 0.6) is 5.88 Å². The number of amides is 1. The number of hydrogen-bond donors (Lipinski definition) is 3. The molecule has 2 aromatic heterocycles. The van der Waals surface area contributed by atoms with Crippen LogP contribution in [0.4, 0.5) is 0 Å². The van der Waals surface area contributed by atoms with E-state index in [0.29, 0.717) is 12.2 Å². The molecule has 27 heavy (non-hydrogen) atoms. The second kappa shape index (κ2) is 6.99. The number of aromatic nitrogens is 3. The van der Waals surface area contributed by atoms with Gasteiger partial charge in [-0.25, -0.2) is 0 Å². The molecule has 8 nitrogen and oxygen atoms in total. The van der Waals surface area contributed by atoms with Crippen molar-refractivity contribution in [1.82, 2.24) is 24.8 Å². The van der Waals surface area contributed by atoms with Gasteiger partial charge in [0.05, 0.1) is 5.69 Å². The normalized spacial score (nSPS) is 18.3. The molecule has 0 atom stereocenters. The van der Waals surface area contributed by atoms with E-state index in [1.165, 1.54) is 4.52 Å². The van der Waals surface area contributed by atoms with Crippen molar-refractivity contribution in [3.8, 4) is 5.88 Å². The number of carbonyl (C=O) groups is 1. The van der Waals surface area contributed by atoms with E-state index >= 15 is 0 Å². The zero-order valence-electron chi connectivity index (χ0n) is 15.9. The smallest absolute Gasteiger partial charge is 0.270 e. The van der Waals surface area contributed by atoms with Gasteiger partial charge in [0.15, 0.2) is 5.56 Å². The molecule has 0 radical (unpaired) electrons. The summed E-state index contributed by atoms with van der Waals surface area (Å²) in [7, 11) is 0. The summed E-state index contributed by atoms with van der Waals surface area (Å²) in [5.41, 5.74) is 0.741. The summed E-state index contributed by atoms with van der Waals surface area (Å²) in [6, 6.07) is 2.00. The van der Waals surface area contributed by atoms with Crippen LogP contribution in [0.1, 0.15) is 61.5 Å². The van der Waals surface area contributed by atoms with Gasteiger partial charge in [-0.05, 0) is 44.7 Å². The third-order valence-electron chi connectivity index (χ3n) is 5.31. The lowest BCUT2D eigenvalue weighted by Gasteiger charge is -2.20. The number of rotatable bonds is 5. The third-order valence-corrected chi connectivity index (χ3v) is 5.31. The van der Waals surface area contributed by atoms with Gasteiger partial charge in [-0.3, -0.25) is 14.2 Å². The van der Waals surface area contributed by atoms with Gasteiger partial charge in [0.2, 0.25) is 5.88 Å². The molecule has 1 saturated heterocycles. The van der Waals surface area contributed by atoms with E-state index in [0.717, 1.165) is 44.5 Å². The molecule has 2 fully saturated rings. The molecule has 1 amide bonds. The number of piperidine rings is 1. The molecule has 1 aliphatic heterocycles. The Morgan fingerprint density at radius 3 is 2.67 bits per heavy atom. The van der Waals surface area contributed by atoms with Crippen molar-refractivity contribution in [2.75, 3.05) is 13.1 Å². The molecule has 0 bridgehead atoms. The fraction of sp³-hybridized carbons (Fsp3) is 0.632. The van der Waals surface area contributed by atoms with Crippen molar-refractivity contribution >= 4 is 11.6 Å². The van der Waals surface area contributed by atoms with E-state index in [-0.39, 0.29) is 29.3 Å². The molecule has 1 saturated carbocycles. The standard InChI is InChI=1S/C19H27N5O3/c1-11(2)10-23-15-9-14(12-5-7-20-8-6-12)22-24(15)19(27)16(18(23)26)17(25)21-13-3-4-13/h9,11-13,20,27H,3-8,10H2,1-2H3,(H,21,25). The van der Waals surface area contributed by atoms with Crippen LogP contribution in [-0.2, 0) is 6.54 Å². The second-order valence-corrected chi connectivity index (χ2v) is 8.12. The maximum absolute atomic E-state index is 13.1. The second-order valence-electron chi connectivity index (χ2n) is 8.12. The van der Waals surface area contributed by atoms with Gasteiger partial charge >= 0.3 is 0 Å². The molecule has 146 valence electrons. The highest BCUT2D eigenvalue weighted by molar-refractivity contribution is 5.96. The topological polar surface area (TPSA) is 101 Å². The Labute approximate surface area is 157 Å². The molecule has 3 N–H and O–H groups in total. The van der Waals surface area contributed by atoms with Crippen LogP contribution >= 0.6 is 0 Å². The Hall–Kier alpha value is -2.35. The quantitative estimate of drug-likeness (QED) is 0.732. The van der Waals surface area contributed by atoms with Crippen LogP contribution in [-0.4, -0.2) is 44.3 Å². The first-order valence-corrected chi connectivity index (χ1v) is 9.82. The number of nitrogens with one attached hydrogen (secondary N) is 2. The van der Waals surface area contributed by atoms with Crippen molar-refractivity contribution in [3.05, 3.63) is 27.7 Å². The van der Waals surface area contributed by atoms with Gasteiger partial charge in [0, 0.05) is 24.6 Å². The number of nitrogens with zero attached hydrogens (tertiary/aromatic N) is 3. The van der Waals surface area contributed by atoms with E-state index in [1.54, 1.807) is 4.57 Å². The maximum atomic E-state index is 13.1. The van der Waals surface area contributed by atoms with E-state index < -0.39 is 11.5 Å². The number of carbonyl (C=O) groups excluding carboxylic acids is 1. The molecule has 2 aromatic rings. The van der Waals surface area contributed by atoms with Crippen molar-refractivity contribution in [2.24, 2.45) is 5.92 Å². The molecule has 0 spiro atoms. The Kier molecular flexibility index (Phi) is 4.67. The Bertz CT molecular complexity index is 920. The largest absolute Gasteiger partial charge is 0.492 e. The minimum atomic E-state index is -0.515. The van der Waals surface area contributed by atoms with E-state index in [9.17, 15) is 14.7 Å². The highest BCUT2D eigenvalue weighted by atomic mass is 16.3. The molecular weight excluding hydrogens is 346 g/mol. The predicted molar refractivity (Wildman–Crippen MR) is 101 cm³/mol. The van der Waals surface area contributed by atoms with Crippen molar-refractivity contribution in [2.45, 2.75) is 58.0 Å². The van der Waals surface area contributed by atoms with Gasteiger partial charge in [-0.15, -0.1) is 0 Å². The summed E-state index contributed by atoms with van der Waals surface area (Å²) in [6.45, 7) is 6.36. The maximum Gasteiger partial charge on any atom is 0.270 e. The van der Waals surface area contributed by atoms with Crippen molar-refractivity contribution < 1.29 is 9.90 Å². The average Bonchev–Trinajstić information content (AvgIpc) is 3.33. The number of aromatic hydroxyl groups is 1. The predicted octanol–water partition coefficient (Wildman–Crippen LogP) is 1.22. The third kappa shape index (κ3) is 3.45. The van der Waals surface area contributed by atoms with Crippen LogP contribution in [0.25, 0.3) is 5.65 Å². The first kappa shape index (κ1) is 18.0. The van der Waals surface area contributed by atoms with E-state index in [2.05, 4.69) is 15.7 Å². The molecule has 8 heteroatoms. The first-order chi connectivity index (χ1) is 13.0. The number of hydrogen-bond acceptors (Lipinski definition) is 5. The monoisotopic (exact) mass is 373 g/mol. The highest BCUT2D eigenvalue weighted by Gasteiger charge is 2.30. The van der Waals surface area contributed by atoms with Crippen LogP contribution in [0.3, 0.4) is 0 Å². The number of fused-ring (bicyclic) bond motifs is 1. The summed E-state index contributed by atoms with van der Waals surface area (Å²) < 4.78 is 2.94. The van der Waals surface area contributed by atoms with Gasteiger partial charge in [0.1, 0.15) is 5.65 Å². The summed E-state index contributed by atoms with van der Waals surface area (Å²) in [4.78, 5) is 25.7. The van der Waals surface area contributed by atoms with Gasteiger partial charge in [0.25, 0.3) is 11.5 Å². The molecule has 0 unspecified atom stereocenters. The van der Waals surface area contributed by atoms with Gasteiger partial charge in [-0.2, -0.15) is 9.61 Å². The molecular formula is C19H27N5O3. The zero-order chi connectivity index (χ0) is 19.1. The molecule has 1 aliphatic carbocycles. The first-order valence-electron chi connectivity index (χ1n) is 9.82. The summed E-state index contributed by atoms with van der Waals surface area (Å²) in [5.74, 6) is -0.379. The average molecular weight is 373 g/mol. The fourth-order valence-electron chi connectivity index (χ4n) is 3.72. The minimum absolute atomic E-state index is 0.105. The molecule has 2 aliphatic rings. The molecule has 0 aromatic carbocycles. The minimum Gasteiger partial charge on any atom is -0.492 e. The van der Waals surface area contributed by atoms with E-state index in [1.807, 2.05) is 19.9 Å². The molecule has 4 rings (SSSR count). The summed E-state index contributed by atoms with van der Waals surface area (Å²) >= 11 is 0. The van der Waals surface area contributed by atoms with Crippen LogP contribution in [0, 0.1) is 5.92 Å². The lowest BCUT2D eigenvalue weighted by molar-refractivity contribution is 0.0944.